The molecule has 0 aliphatic heterocycles. The van der Waals surface area contributed by atoms with Crippen molar-refractivity contribution in [3.8, 4) is 0 Å². The molecule has 4 heteroatoms. The van der Waals surface area contributed by atoms with E-state index in [0.29, 0.717) is 36.4 Å². The highest BCUT2D eigenvalue weighted by atomic mass is 32.2. The van der Waals surface area contributed by atoms with E-state index in [1.165, 1.54) is 12.8 Å². The van der Waals surface area contributed by atoms with Crippen LogP contribution in [0.5, 0.6) is 0 Å². The zero-order chi connectivity index (χ0) is 42.8. The maximum atomic E-state index is 5.25. The minimum absolute atomic E-state index is 0. The second kappa shape index (κ2) is 48.4. The molecular weight excluding hydrogens is 665 g/mol. The van der Waals surface area contributed by atoms with Gasteiger partial charge in [0.15, 0.2) is 0 Å². The van der Waals surface area contributed by atoms with E-state index in [4.69, 9.17) is 4.74 Å². The van der Waals surface area contributed by atoms with Gasteiger partial charge in [-0.1, -0.05) is 160 Å². The van der Waals surface area contributed by atoms with Gasteiger partial charge in [-0.2, -0.15) is 11.8 Å². The van der Waals surface area contributed by atoms with Crippen LogP contribution in [0.3, 0.4) is 0 Å². The van der Waals surface area contributed by atoms with Crippen LogP contribution in [0.4, 0.5) is 0 Å². The lowest BCUT2D eigenvalue weighted by Crippen LogP contribution is -2.32. The molecule has 1 N–H and O–H groups in total. The summed E-state index contributed by atoms with van der Waals surface area (Å²) in [5.74, 6) is 6.06. The highest BCUT2D eigenvalue weighted by Crippen LogP contribution is 2.18. The lowest BCUT2D eigenvalue weighted by atomic mass is 9.88. The fraction of sp³-hybridized carbons (Fsp3) is 1.00. The Morgan fingerprint density at radius 1 is 0.415 bits per heavy atom. The maximum absolute atomic E-state index is 5.25. The van der Waals surface area contributed by atoms with Gasteiger partial charge in [-0.15, -0.1) is 0 Å². The smallest absolute Gasteiger partial charge is 0.0522 e. The van der Waals surface area contributed by atoms with Crippen LogP contribution in [-0.4, -0.2) is 58.8 Å². The van der Waals surface area contributed by atoms with Crippen molar-refractivity contribution in [3.63, 3.8) is 0 Å². The molecule has 53 heavy (non-hydrogen) atoms. The Balaban J connectivity index is -0.0000000605. The summed E-state index contributed by atoms with van der Waals surface area (Å²) in [6.45, 7) is 64.1. The molecule has 0 aromatic rings. The average Bonchev–Trinajstić information content (AvgIpc) is 2.85. The first-order chi connectivity index (χ1) is 22.7. The van der Waals surface area contributed by atoms with E-state index in [2.05, 4.69) is 190 Å². The molecule has 0 unspecified atom stereocenters. The fourth-order valence-corrected chi connectivity index (χ4v) is 6.10. The van der Waals surface area contributed by atoms with Crippen molar-refractivity contribution in [2.24, 2.45) is 41.4 Å². The van der Waals surface area contributed by atoms with E-state index >= 15 is 0 Å². The first-order valence-corrected chi connectivity index (χ1v) is 22.5. The molecule has 0 saturated heterocycles. The van der Waals surface area contributed by atoms with Gasteiger partial charge < -0.3 is 15.0 Å². The normalized spacial score (nSPS) is 11.0. The summed E-state index contributed by atoms with van der Waals surface area (Å²) >= 11 is 2.01. The second-order valence-electron chi connectivity index (χ2n) is 19.2. The quantitative estimate of drug-likeness (QED) is 0.190. The van der Waals surface area contributed by atoms with Gasteiger partial charge in [0, 0.05) is 24.2 Å². The monoisotopic (exact) mass is 783 g/mol. The third-order valence-electron chi connectivity index (χ3n) is 7.37. The number of nitrogens with zero attached hydrogens (tertiary/aromatic N) is 1. The lowest BCUT2D eigenvalue weighted by molar-refractivity contribution is 0.0300. The van der Waals surface area contributed by atoms with Crippen LogP contribution in [0.1, 0.15) is 228 Å². The van der Waals surface area contributed by atoms with Gasteiger partial charge in [-0.05, 0) is 127 Å². The summed E-state index contributed by atoms with van der Waals surface area (Å²) in [6, 6.07) is 2.60. The van der Waals surface area contributed by atoms with Crippen molar-refractivity contribution >= 4 is 11.8 Å². The van der Waals surface area contributed by atoms with Gasteiger partial charge in [-0.3, -0.25) is 0 Å². The third kappa shape index (κ3) is 100. The predicted molar refractivity (Wildman–Crippen MR) is 262 cm³/mol. The van der Waals surface area contributed by atoms with E-state index in [0.717, 1.165) is 51.9 Å². The van der Waals surface area contributed by atoms with Crippen molar-refractivity contribution in [2.75, 3.05) is 7.05 Å². The molecule has 0 aliphatic rings. The average molecular weight is 784 g/mol. The summed E-state index contributed by atoms with van der Waals surface area (Å²) in [4.78, 5) is 2.33. The van der Waals surface area contributed by atoms with Crippen LogP contribution in [0.2, 0.25) is 0 Å². The highest BCUT2D eigenvalue weighted by Gasteiger charge is 2.10. The molecule has 0 fully saturated rings. The summed E-state index contributed by atoms with van der Waals surface area (Å²) in [6.07, 6.45) is 3.47. The van der Waals surface area contributed by atoms with Crippen molar-refractivity contribution in [2.45, 2.75) is 275 Å². The topological polar surface area (TPSA) is 24.5 Å². The van der Waals surface area contributed by atoms with E-state index < -0.39 is 0 Å². The van der Waals surface area contributed by atoms with Crippen molar-refractivity contribution in [1.82, 2.24) is 10.2 Å². The van der Waals surface area contributed by atoms with Crippen molar-refractivity contribution in [1.29, 1.82) is 0 Å². The molecule has 0 saturated carbocycles. The molecule has 0 spiro atoms. The minimum Gasteiger partial charge on any atom is -0.376 e. The molecule has 0 aliphatic carbocycles. The van der Waals surface area contributed by atoms with Crippen molar-refractivity contribution in [3.05, 3.63) is 0 Å². The Kier molecular flexibility index (Phi) is 67.8. The molecule has 0 bridgehead atoms. The standard InChI is InChI=1S/C8H18.C7H17N.2C7H16.C6H15N.C6H14O.C6H14S.2CH4/c2*1-6(2)8(5)7(3)4;2*1-6(2)5-7(3)4;3*1-5(2)7-6(3)4;;/h6-8H,1-5H3;6-7H,1-5H3;2*6-7H,5H2,1-4H3;5-7H,1-4H3;2*5-6H,1-4H3;2*1H4. The number of nitrogens with one attached hydrogen (secondary N) is 1. The Labute approximate surface area is 349 Å². The molecule has 0 aromatic carbocycles. The van der Waals surface area contributed by atoms with E-state index in [-0.39, 0.29) is 14.9 Å². The van der Waals surface area contributed by atoms with Crippen LogP contribution >= 0.6 is 11.8 Å². The molecule has 0 aromatic heterocycles. The summed E-state index contributed by atoms with van der Waals surface area (Å²) in [7, 11) is 2.15. The van der Waals surface area contributed by atoms with Gasteiger partial charge >= 0.3 is 0 Å². The zero-order valence-electron chi connectivity index (χ0n) is 41.8. The fourth-order valence-electron chi connectivity index (χ4n) is 5.01. The van der Waals surface area contributed by atoms with Gasteiger partial charge in [0.05, 0.1) is 12.2 Å². The third-order valence-corrected chi connectivity index (χ3v) is 8.46. The van der Waals surface area contributed by atoms with Crippen LogP contribution in [0.25, 0.3) is 0 Å². The molecule has 0 heterocycles. The first kappa shape index (κ1) is 74.2. The lowest BCUT2D eigenvalue weighted by Gasteiger charge is -2.24. The zero-order valence-corrected chi connectivity index (χ0v) is 42.7. The Morgan fingerprint density at radius 2 is 0.642 bits per heavy atom. The van der Waals surface area contributed by atoms with Crippen LogP contribution in [0.15, 0.2) is 0 Å². The molecule has 3 nitrogen and oxygen atoms in total. The highest BCUT2D eigenvalue weighted by molar-refractivity contribution is 8.00. The molecule has 0 atom stereocenters. The Bertz CT molecular complexity index is 460. The first-order valence-electron chi connectivity index (χ1n) is 21.5. The minimum atomic E-state index is 0. The van der Waals surface area contributed by atoms with Crippen LogP contribution in [0, 0.1) is 41.4 Å². The van der Waals surface area contributed by atoms with Gasteiger partial charge in [0.2, 0.25) is 0 Å². The molecular formula is C49H118N2OS. The number of hydrogen-bond donors (Lipinski definition) is 1. The van der Waals surface area contributed by atoms with Crippen molar-refractivity contribution < 1.29 is 4.74 Å². The molecule has 0 rings (SSSR count). The number of thioether (sulfide) groups is 1. The number of ether oxygens (including phenoxy) is 1. The van der Waals surface area contributed by atoms with Gasteiger partial charge in [-0.25, -0.2) is 0 Å². The SMILES string of the molecule is C.C.CC(C)C(C)C(C)C.CC(C)CC(C)C.CC(C)CC(C)C.CC(C)N(C)C(C)C.CC(C)NC(C)C.CC(C)OC(C)C.CC(C)SC(C)C. The summed E-state index contributed by atoms with van der Waals surface area (Å²) < 4.78 is 5.25. The molecule has 336 valence electrons. The molecule has 0 amide bonds. The Morgan fingerprint density at radius 3 is 0.642 bits per heavy atom. The van der Waals surface area contributed by atoms with Crippen LogP contribution < -0.4 is 5.32 Å². The summed E-state index contributed by atoms with van der Waals surface area (Å²) in [5.41, 5.74) is 0. The predicted octanol–water partition coefficient (Wildman–Crippen LogP) is 17.1. The molecule has 0 radical (unpaired) electrons. The largest absolute Gasteiger partial charge is 0.376 e. The Hall–Kier alpha value is 0.230. The number of hydrogen-bond acceptors (Lipinski definition) is 4. The number of rotatable bonds is 14. The second-order valence-corrected chi connectivity index (χ2v) is 21.3. The van der Waals surface area contributed by atoms with Crippen LogP contribution in [-0.2, 0) is 4.74 Å². The van der Waals surface area contributed by atoms with E-state index in [1.54, 1.807) is 0 Å². The summed E-state index contributed by atoms with van der Waals surface area (Å²) in [5, 5.41) is 4.89. The van der Waals surface area contributed by atoms with E-state index in [9.17, 15) is 0 Å². The maximum Gasteiger partial charge on any atom is 0.0522 e. The van der Waals surface area contributed by atoms with Gasteiger partial charge in [0.25, 0.3) is 0 Å². The van der Waals surface area contributed by atoms with E-state index in [1.807, 2.05) is 39.5 Å². The van der Waals surface area contributed by atoms with Gasteiger partial charge in [0.1, 0.15) is 0 Å².